The topological polar surface area (TPSA) is 17.1 Å². The molecule has 2 heteroatoms. The summed E-state index contributed by atoms with van der Waals surface area (Å²) in [6.07, 6.45) is 2.97. The van der Waals surface area contributed by atoms with E-state index < -0.39 is 8.07 Å². The molecule has 1 nitrogen and oxygen atoms in total. The number of rotatable bonds is 8. The van der Waals surface area contributed by atoms with Gasteiger partial charge < -0.3 is 0 Å². The van der Waals surface area contributed by atoms with Crippen LogP contribution < -0.4 is 10.4 Å². The Morgan fingerprint density at radius 3 is 1.75 bits per heavy atom. The summed E-state index contributed by atoms with van der Waals surface area (Å²) < 4.78 is 0. The summed E-state index contributed by atoms with van der Waals surface area (Å²) in [7, 11) is -2.14. The van der Waals surface area contributed by atoms with Crippen LogP contribution in [0.25, 0.3) is 0 Å². The van der Waals surface area contributed by atoms with Crippen molar-refractivity contribution in [3.8, 4) is 0 Å². The number of Topliss-reactive ketones (excluding diaryl/α,β-unsaturated/α-hetero) is 1. The minimum absolute atomic E-state index is 0.129. The van der Waals surface area contributed by atoms with Crippen LogP contribution in [0.15, 0.2) is 60.7 Å². The van der Waals surface area contributed by atoms with Gasteiger partial charge in [-0.2, -0.15) is 0 Å². The fourth-order valence-corrected chi connectivity index (χ4v) is 8.53. The van der Waals surface area contributed by atoms with Crippen LogP contribution in [-0.4, -0.2) is 13.9 Å². The number of hydrogen-bond acceptors (Lipinski definition) is 1. The van der Waals surface area contributed by atoms with Crippen LogP contribution in [-0.2, 0) is 4.79 Å². The van der Waals surface area contributed by atoms with E-state index in [0.717, 1.165) is 19.3 Å². The van der Waals surface area contributed by atoms with Crippen molar-refractivity contribution < 1.29 is 4.79 Å². The molecule has 0 aromatic heterocycles. The molecule has 2 unspecified atom stereocenters. The zero-order valence-electron chi connectivity index (χ0n) is 15.5. The number of benzene rings is 2. The van der Waals surface area contributed by atoms with Gasteiger partial charge in [0.25, 0.3) is 0 Å². The highest BCUT2D eigenvalue weighted by atomic mass is 28.3. The van der Waals surface area contributed by atoms with Crippen molar-refractivity contribution in [1.82, 2.24) is 0 Å². The second kappa shape index (κ2) is 8.43. The summed E-state index contributed by atoms with van der Waals surface area (Å²) in [6.45, 7) is 8.83. The van der Waals surface area contributed by atoms with Crippen LogP contribution in [0.1, 0.15) is 40.0 Å². The maximum atomic E-state index is 13.3. The third kappa shape index (κ3) is 3.70. The quantitative estimate of drug-likeness (QED) is 0.640. The highest BCUT2D eigenvalue weighted by Gasteiger charge is 2.43. The lowest BCUT2D eigenvalue weighted by Crippen LogP contribution is -2.61. The molecule has 0 bridgehead atoms. The molecule has 2 rings (SSSR count). The standard InChI is InChI=1S/C22H30OSi/c1-5-13-18(3)22(23)21(6-2)24(4,19-14-9-7-10-15-19)20-16-11-8-12-17-20/h7-12,14-18,21H,5-6,13H2,1-4H3. The molecule has 0 fully saturated rings. The van der Waals surface area contributed by atoms with E-state index in [0.29, 0.717) is 5.78 Å². The maximum absolute atomic E-state index is 13.3. The van der Waals surface area contributed by atoms with Gasteiger partial charge in [0.05, 0.1) is 0 Å². The summed E-state index contributed by atoms with van der Waals surface area (Å²) in [5.41, 5.74) is 0.129. The number of hydrogen-bond donors (Lipinski definition) is 0. The van der Waals surface area contributed by atoms with E-state index in [1.165, 1.54) is 10.4 Å². The van der Waals surface area contributed by atoms with Gasteiger partial charge in [0.15, 0.2) is 0 Å². The van der Waals surface area contributed by atoms with Gasteiger partial charge in [-0.25, -0.2) is 0 Å². The van der Waals surface area contributed by atoms with Gasteiger partial charge in [0.1, 0.15) is 13.9 Å². The van der Waals surface area contributed by atoms with Crippen molar-refractivity contribution >= 4 is 24.2 Å². The third-order valence-corrected chi connectivity index (χ3v) is 10.6. The molecule has 0 aliphatic rings. The van der Waals surface area contributed by atoms with Gasteiger partial charge in [0, 0.05) is 11.5 Å². The summed E-state index contributed by atoms with van der Waals surface area (Å²) in [4.78, 5) is 13.3. The first-order valence-corrected chi connectivity index (χ1v) is 11.8. The highest BCUT2D eigenvalue weighted by molar-refractivity contribution is 7.04. The second-order valence-electron chi connectivity index (χ2n) is 6.99. The predicted molar refractivity (Wildman–Crippen MR) is 107 cm³/mol. The largest absolute Gasteiger partial charge is 0.299 e. The van der Waals surface area contributed by atoms with E-state index >= 15 is 0 Å². The number of carbonyl (C=O) groups is 1. The van der Waals surface area contributed by atoms with Crippen molar-refractivity contribution in [2.45, 2.75) is 52.1 Å². The Morgan fingerprint density at radius 2 is 1.38 bits per heavy atom. The predicted octanol–water partition coefficient (Wildman–Crippen LogP) is 4.66. The van der Waals surface area contributed by atoms with Crippen molar-refractivity contribution in [3.05, 3.63) is 60.7 Å². The van der Waals surface area contributed by atoms with E-state index in [-0.39, 0.29) is 11.5 Å². The molecule has 0 aliphatic heterocycles. The fourth-order valence-electron chi connectivity index (χ4n) is 3.95. The van der Waals surface area contributed by atoms with Crippen molar-refractivity contribution in [3.63, 3.8) is 0 Å². The van der Waals surface area contributed by atoms with Crippen molar-refractivity contribution in [2.75, 3.05) is 0 Å². The first-order chi connectivity index (χ1) is 11.6. The third-order valence-electron chi connectivity index (χ3n) is 5.40. The number of ketones is 1. The summed E-state index contributed by atoms with van der Waals surface area (Å²) in [5.74, 6) is 0.612. The molecule has 0 amide bonds. The average molecular weight is 339 g/mol. The minimum atomic E-state index is -2.14. The zero-order chi connectivity index (χ0) is 17.6. The molecule has 128 valence electrons. The molecule has 0 radical (unpaired) electrons. The molecule has 0 saturated heterocycles. The average Bonchev–Trinajstić information content (AvgIpc) is 2.63. The summed E-state index contributed by atoms with van der Waals surface area (Å²) in [6, 6.07) is 21.4. The molecule has 2 atom stereocenters. The maximum Gasteiger partial charge on any atom is 0.136 e. The van der Waals surface area contributed by atoms with Gasteiger partial charge in [-0.15, -0.1) is 0 Å². The van der Waals surface area contributed by atoms with Crippen LogP contribution in [0, 0.1) is 5.92 Å². The molecule has 0 heterocycles. The van der Waals surface area contributed by atoms with Gasteiger partial charge in [-0.3, -0.25) is 4.79 Å². The Hall–Kier alpha value is -1.67. The fraction of sp³-hybridized carbons (Fsp3) is 0.409. The molecule has 0 saturated carbocycles. The Bertz CT molecular complexity index is 596. The van der Waals surface area contributed by atoms with Gasteiger partial charge >= 0.3 is 0 Å². The molecular formula is C22H30OSi. The smallest absolute Gasteiger partial charge is 0.136 e. The van der Waals surface area contributed by atoms with Crippen LogP contribution in [0.5, 0.6) is 0 Å². The minimum Gasteiger partial charge on any atom is -0.299 e. The molecule has 0 spiro atoms. The highest BCUT2D eigenvalue weighted by Crippen LogP contribution is 2.30. The van der Waals surface area contributed by atoms with Crippen molar-refractivity contribution in [2.24, 2.45) is 5.92 Å². The first kappa shape index (κ1) is 18.7. The SMILES string of the molecule is CCCC(C)C(=O)C(CC)[Si](C)(c1ccccc1)c1ccccc1. The summed E-state index contributed by atoms with van der Waals surface area (Å²) >= 11 is 0. The molecule has 0 N–H and O–H groups in total. The molecule has 2 aromatic rings. The first-order valence-electron chi connectivity index (χ1n) is 9.20. The molecular weight excluding hydrogens is 308 g/mol. The van der Waals surface area contributed by atoms with E-state index in [1.807, 2.05) is 0 Å². The van der Waals surface area contributed by atoms with E-state index in [2.05, 4.69) is 88.0 Å². The zero-order valence-corrected chi connectivity index (χ0v) is 16.5. The molecule has 24 heavy (non-hydrogen) atoms. The van der Waals surface area contributed by atoms with Crippen LogP contribution >= 0.6 is 0 Å². The normalized spacial score (nSPS) is 14.2. The van der Waals surface area contributed by atoms with Gasteiger partial charge in [-0.1, -0.05) is 105 Å². The Morgan fingerprint density at radius 1 is 0.917 bits per heavy atom. The Labute approximate surface area is 148 Å². The lowest BCUT2D eigenvalue weighted by atomic mass is 9.97. The number of carbonyl (C=O) groups excluding carboxylic acids is 1. The van der Waals surface area contributed by atoms with Gasteiger partial charge in [-0.05, 0) is 12.8 Å². The van der Waals surface area contributed by atoms with Crippen LogP contribution in [0.4, 0.5) is 0 Å². The van der Waals surface area contributed by atoms with Crippen LogP contribution in [0.3, 0.4) is 0 Å². The van der Waals surface area contributed by atoms with Crippen molar-refractivity contribution in [1.29, 1.82) is 0 Å². The monoisotopic (exact) mass is 338 g/mol. The Kier molecular flexibility index (Phi) is 6.56. The Balaban J connectivity index is 2.55. The van der Waals surface area contributed by atoms with E-state index in [4.69, 9.17) is 0 Å². The lowest BCUT2D eigenvalue weighted by molar-refractivity contribution is -0.122. The van der Waals surface area contributed by atoms with E-state index in [9.17, 15) is 4.79 Å². The van der Waals surface area contributed by atoms with E-state index in [1.54, 1.807) is 0 Å². The molecule has 0 aliphatic carbocycles. The molecule has 2 aromatic carbocycles. The lowest BCUT2D eigenvalue weighted by Gasteiger charge is -2.37. The summed E-state index contributed by atoms with van der Waals surface area (Å²) in [5, 5.41) is 2.72. The van der Waals surface area contributed by atoms with Gasteiger partial charge in [0.2, 0.25) is 0 Å². The second-order valence-corrected chi connectivity index (χ2v) is 11.2. The van der Waals surface area contributed by atoms with Crippen LogP contribution in [0.2, 0.25) is 12.1 Å².